The van der Waals surface area contributed by atoms with E-state index in [4.69, 9.17) is 32.7 Å². The first-order valence-electron chi connectivity index (χ1n) is 11.9. The molecule has 2 aromatic carbocycles. The molecule has 0 spiro atoms. The number of hydrogen-bond acceptors (Lipinski definition) is 6. The summed E-state index contributed by atoms with van der Waals surface area (Å²) in [4.78, 5) is 27.8. The Kier molecular flexibility index (Phi) is 9.92. The van der Waals surface area contributed by atoms with Gasteiger partial charge in [0.1, 0.15) is 25.8 Å². The van der Waals surface area contributed by atoms with Crippen LogP contribution in [0, 0.1) is 0 Å². The molecule has 2 amide bonds. The summed E-state index contributed by atoms with van der Waals surface area (Å²) in [6.45, 7) is 4.24. The van der Waals surface area contributed by atoms with Gasteiger partial charge in [-0.25, -0.2) is 8.42 Å². The van der Waals surface area contributed by atoms with Crippen LogP contribution in [-0.4, -0.2) is 63.7 Å². The lowest BCUT2D eigenvalue weighted by molar-refractivity contribution is -0.139. The number of anilines is 1. The SMILES string of the molecule is CCCCNC(=O)C(C)N(Cc1ccc(Cl)cc1Cl)C(=O)CN(c1ccc2c(c1)OCCO2)S(C)(=O)=O. The molecule has 0 aliphatic carbocycles. The van der Waals surface area contributed by atoms with Gasteiger partial charge in [0.2, 0.25) is 21.8 Å². The molecule has 37 heavy (non-hydrogen) atoms. The molecule has 1 heterocycles. The first-order valence-corrected chi connectivity index (χ1v) is 14.5. The van der Waals surface area contributed by atoms with Crippen LogP contribution in [0.2, 0.25) is 10.0 Å². The average molecular weight is 573 g/mol. The van der Waals surface area contributed by atoms with Gasteiger partial charge in [-0.15, -0.1) is 0 Å². The monoisotopic (exact) mass is 571 g/mol. The van der Waals surface area contributed by atoms with E-state index in [1.165, 1.54) is 11.0 Å². The molecule has 0 radical (unpaired) electrons. The van der Waals surface area contributed by atoms with Crippen molar-refractivity contribution < 1.29 is 27.5 Å². The van der Waals surface area contributed by atoms with Gasteiger partial charge in [-0.1, -0.05) is 42.6 Å². The molecule has 1 atom stereocenters. The molecular formula is C25H31Cl2N3O6S. The van der Waals surface area contributed by atoms with Crippen LogP contribution in [0.1, 0.15) is 32.3 Å². The fourth-order valence-electron chi connectivity index (χ4n) is 3.75. The first kappa shape index (κ1) is 28.9. The van der Waals surface area contributed by atoms with Gasteiger partial charge in [0.05, 0.1) is 11.9 Å². The van der Waals surface area contributed by atoms with Crippen LogP contribution >= 0.6 is 23.2 Å². The average Bonchev–Trinajstić information content (AvgIpc) is 2.85. The number of amides is 2. The van der Waals surface area contributed by atoms with Crippen LogP contribution in [0.5, 0.6) is 11.5 Å². The summed E-state index contributed by atoms with van der Waals surface area (Å²) >= 11 is 12.4. The fourth-order valence-corrected chi connectivity index (χ4v) is 5.06. The smallest absolute Gasteiger partial charge is 0.244 e. The number of fused-ring (bicyclic) bond motifs is 1. The van der Waals surface area contributed by atoms with Crippen molar-refractivity contribution in [2.75, 3.05) is 36.9 Å². The summed E-state index contributed by atoms with van der Waals surface area (Å²) in [7, 11) is -3.88. The largest absolute Gasteiger partial charge is 0.486 e. The number of carbonyl (C=O) groups excluding carboxylic acids is 2. The quantitative estimate of drug-likeness (QED) is 0.410. The topological polar surface area (TPSA) is 105 Å². The minimum Gasteiger partial charge on any atom is -0.486 e. The molecule has 1 N–H and O–H groups in total. The standard InChI is InChI=1S/C25H31Cl2N3O6S/c1-4-5-10-28-25(32)17(2)29(15-18-6-7-19(26)13-21(18)27)24(31)16-30(37(3,33)34)20-8-9-22-23(14-20)36-12-11-35-22/h6-9,13-14,17H,4-5,10-12,15-16H2,1-3H3,(H,28,32). The maximum atomic E-state index is 13.6. The summed E-state index contributed by atoms with van der Waals surface area (Å²) in [5.41, 5.74) is 0.808. The van der Waals surface area contributed by atoms with E-state index in [2.05, 4.69) is 5.32 Å². The molecule has 0 aromatic heterocycles. The number of rotatable bonds is 11. The van der Waals surface area contributed by atoms with E-state index in [1.807, 2.05) is 6.92 Å². The van der Waals surface area contributed by atoms with Crippen LogP contribution in [0.25, 0.3) is 0 Å². The van der Waals surface area contributed by atoms with E-state index in [0.717, 1.165) is 23.4 Å². The lowest BCUT2D eigenvalue weighted by Crippen LogP contribution is -2.51. The van der Waals surface area contributed by atoms with Gasteiger partial charge in [-0.05, 0) is 43.2 Å². The van der Waals surface area contributed by atoms with Gasteiger partial charge in [-0.2, -0.15) is 0 Å². The molecule has 2 aromatic rings. The third-order valence-corrected chi connectivity index (χ3v) is 7.57. The predicted molar refractivity (Wildman–Crippen MR) is 144 cm³/mol. The van der Waals surface area contributed by atoms with Gasteiger partial charge in [0, 0.05) is 29.2 Å². The number of nitrogens with one attached hydrogen (secondary N) is 1. The Hall–Kier alpha value is -2.69. The Morgan fingerprint density at radius 2 is 1.78 bits per heavy atom. The maximum absolute atomic E-state index is 13.6. The Labute approximate surface area is 227 Å². The zero-order chi connectivity index (χ0) is 27.2. The molecule has 0 bridgehead atoms. The molecule has 202 valence electrons. The fraction of sp³-hybridized carbons (Fsp3) is 0.440. The second-order valence-electron chi connectivity index (χ2n) is 8.68. The number of nitrogens with zero attached hydrogens (tertiary/aromatic N) is 2. The first-order chi connectivity index (χ1) is 17.5. The maximum Gasteiger partial charge on any atom is 0.244 e. The zero-order valence-electron chi connectivity index (χ0n) is 21.0. The van der Waals surface area contributed by atoms with Crippen LogP contribution in [0.3, 0.4) is 0 Å². The van der Waals surface area contributed by atoms with Crippen molar-refractivity contribution in [3.8, 4) is 11.5 Å². The Balaban J connectivity index is 1.91. The molecule has 0 saturated carbocycles. The number of ether oxygens (including phenoxy) is 2. The summed E-state index contributed by atoms with van der Waals surface area (Å²) in [5.74, 6) is -0.0499. The third-order valence-electron chi connectivity index (χ3n) is 5.85. The lowest BCUT2D eigenvalue weighted by atomic mass is 10.1. The molecular weight excluding hydrogens is 541 g/mol. The van der Waals surface area contributed by atoms with E-state index in [-0.39, 0.29) is 18.1 Å². The van der Waals surface area contributed by atoms with Crippen molar-refractivity contribution in [2.45, 2.75) is 39.3 Å². The van der Waals surface area contributed by atoms with Crippen LogP contribution in [0.15, 0.2) is 36.4 Å². The lowest BCUT2D eigenvalue weighted by Gasteiger charge is -2.32. The van der Waals surface area contributed by atoms with Crippen molar-refractivity contribution in [3.63, 3.8) is 0 Å². The summed E-state index contributed by atoms with van der Waals surface area (Å²) in [6.07, 6.45) is 2.70. The highest BCUT2D eigenvalue weighted by atomic mass is 35.5. The second kappa shape index (κ2) is 12.7. The molecule has 3 rings (SSSR count). The summed E-state index contributed by atoms with van der Waals surface area (Å²) < 4.78 is 37.6. The Bertz CT molecular complexity index is 1240. The van der Waals surface area contributed by atoms with E-state index in [0.29, 0.717) is 46.9 Å². The number of benzene rings is 2. The van der Waals surface area contributed by atoms with E-state index in [9.17, 15) is 18.0 Å². The van der Waals surface area contributed by atoms with Crippen molar-refractivity contribution in [2.24, 2.45) is 0 Å². The Morgan fingerprint density at radius 1 is 1.08 bits per heavy atom. The molecule has 1 unspecified atom stereocenters. The number of halogens is 2. The predicted octanol–water partition coefficient (Wildman–Crippen LogP) is 3.86. The molecule has 1 aliphatic heterocycles. The number of hydrogen-bond donors (Lipinski definition) is 1. The van der Waals surface area contributed by atoms with Crippen LogP contribution < -0.4 is 19.1 Å². The molecule has 0 saturated heterocycles. The highest BCUT2D eigenvalue weighted by Gasteiger charge is 2.31. The van der Waals surface area contributed by atoms with Gasteiger partial charge < -0.3 is 19.7 Å². The highest BCUT2D eigenvalue weighted by molar-refractivity contribution is 7.92. The van der Waals surface area contributed by atoms with E-state index in [1.54, 1.807) is 37.3 Å². The highest BCUT2D eigenvalue weighted by Crippen LogP contribution is 2.35. The van der Waals surface area contributed by atoms with Crippen LogP contribution in [0.4, 0.5) is 5.69 Å². The van der Waals surface area contributed by atoms with Crippen LogP contribution in [-0.2, 0) is 26.2 Å². The third kappa shape index (κ3) is 7.66. The van der Waals surface area contributed by atoms with Crippen molar-refractivity contribution >= 4 is 50.7 Å². The Morgan fingerprint density at radius 3 is 2.43 bits per heavy atom. The van der Waals surface area contributed by atoms with Crippen molar-refractivity contribution in [1.29, 1.82) is 0 Å². The number of unbranched alkanes of at least 4 members (excludes halogenated alkanes) is 1. The van der Waals surface area contributed by atoms with Crippen molar-refractivity contribution in [3.05, 3.63) is 52.0 Å². The van der Waals surface area contributed by atoms with Gasteiger partial charge in [0.25, 0.3) is 0 Å². The second-order valence-corrected chi connectivity index (χ2v) is 11.4. The summed E-state index contributed by atoms with van der Waals surface area (Å²) in [6, 6.07) is 8.62. The number of carbonyl (C=O) groups is 2. The van der Waals surface area contributed by atoms with Gasteiger partial charge in [-0.3, -0.25) is 13.9 Å². The van der Waals surface area contributed by atoms with Gasteiger partial charge >= 0.3 is 0 Å². The molecule has 0 fully saturated rings. The molecule has 9 nitrogen and oxygen atoms in total. The number of sulfonamides is 1. The summed E-state index contributed by atoms with van der Waals surface area (Å²) in [5, 5.41) is 3.59. The minimum atomic E-state index is -3.88. The normalized spacial score (nSPS) is 13.5. The molecule has 1 aliphatic rings. The molecule has 12 heteroatoms. The van der Waals surface area contributed by atoms with E-state index < -0.39 is 28.5 Å². The van der Waals surface area contributed by atoms with Gasteiger partial charge in [0.15, 0.2) is 11.5 Å². The zero-order valence-corrected chi connectivity index (χ0v) is 23.3. The van der Waals surface area contributed by atoms with E-state index >= 15 is 0 Å². The van der Waals surface area contributed by atoms with Crippen molar-refractivity contribution in [1.82, 2.24) is 10.2 Å². The minimum absolute atomic E-state index is 0.0179.